The van der Waals surface area contributed by atoms with Crippen molar-refractivity contribution in [1.82, 2.24) is 0 Å². The maximum absolute atomic E-state index is 6.34. The molecule has 0 atom stereocenters. The van der Waals surface area contributed by atoms with Crippen LogP contribution in [0, 0.1) is 5.92 Å². The van der Waals surface area contributed by atoms with Crippen LogP contribution in [0.25, 0.3) is 0 Å². The summed E-state index contributed by atoms with van der Waals surface area (Å²) in [6, 6.07) is 10.5. The monoisotopic (exact) mass is 332 g/mol. The van der Waals surface area contributed by atoms with Crippen molar-refractivity contribution in [3.8, 4) is 0 Å². The average Bonchev–Trinajstić information content (AvgIpc) is 2.31. The fraction of sp³-hybridized carbons (Fsp3) is 0.462. The standard InChI is InChI=1S/C13H16.2ClH.Zr/c1-3-7-12(8-4-1)11-13-9-5-2-6-10-13;;;/h1,3-4,7-8,13H,2,5-6,9-10H2;2*1H;/q;;;+2/p-2. The van der Waals surface area contributed by atoms with Gasteiger partial charge in [-0.15, -0.1) is 0 Å². The Morgan fingerprint density at radius 1 is 1.00 bits per heavy atom. The molecule has 86 valence electrons. The second kappa shape index (κ2) is 6.48. The predicted octanol–water partition coefficient (Wildman–Crippen LogP) is 4.71. The molecule has 3 heteroatoms. The summed E-state index contributed by atoms with van der Waals surface area (Å²) in [4.78, 5) is 0. The molecule has 0 N–H and O–H groups in total. The first-order valence-electron chi connectivity index (χ1n) is 5.89. The van der Waals surface area contributed by atoms with Crippen molar-refractivity contribution in [1.29, 1.82) is 0 Å². The Balaban J connectivity index is 2.28. The molecular formula is C13H16Cl2Zr. The number of hydrogen-bond donors (Lipinski definition) is 0. The van der Waals surface area contributed by atoms with Crippen LogP contribution >= 0.6 is 17.0 Å². The Kier molecular flexibility index (Phi) is 5.26. The zero-order valence-electron chi connectivity index (χ0n) is 9.26. The van der Waals surface area contributed by atoms with Crippen molar-refractivity contribution in [2.24, 2.45) is 5.92 Å². The van der Waals surface area contributed by atoms with Crippen LogP contribution in [0.15, 0.2) is 30.3 Å². The van der Waals surface area contributed by atoms with E-state index in [-0.39, 0.29) is 0 Å². The van der Waals surface area contributed by atoms with Gasteiger partial charge in [0.1, 0.15) is 0 Å². The summed E-state index contributed by atoms with van der Waals surface area (Å²) in [5.74, 6) is 0.667. The van der Waals surface area contributed by atoms with Gasteiger partial charge in [-0.05, 0) is 0 Å². The van der Waals surface area contributed by atoms with Crippen molar-refractivity contribution >= 4 is 20.2 Å². The Bertz CT molecular complexity index is 363. The molecule has 0 bridgehead atoms. The van der Waals surface area contributed by atoms with Gasteiger partial charge in [-0.1, -0.05) is 0 Å². The molecule has 16 heavy (non-hydrogen) atoms. The van der Waals surface area contributed by atoms with Gasteiger partial charge >= 0.3 is 113 Å². The Labute approximate surface area is 112 Å². The third-order valence-electron chi connectivity index (χ3n) is 3.30. The molecular weight excluding hydrogens is 318 g/mol. The molecule has 1 aromatic carbocycles. The Morgan fingerprint density at radius 2 is 1.62 bits per heavy atom. The van der Waals surface area contributed by atoms with Gasteiger partial charge < -0.3 is 0 Å². The van der Waals surface area contributed by atoms with E-state index in [1.807, 2.05) is 6.07 Å². The minimum atomic E-state index is -2.29. The first-order chi connectivity index (χ1) is 7.79. The van der Waals surface area contributed by atoms with Gasteiger partial charge in [0.15, 0.2) is 0 Å². The molecule has 1 aromatic rings. The molecule has 2 rings (SSSR count). The van der Waals surface area contributed by atoms with Crippen LogP contribution in [-0.4, -0.2) is 3.21 Å². The molecule has 0 heterocycles. The fourth-order valence-corrected chi connectivity index (χ4v) is 8.04. The first-order valence-corrected chi connectivity index (χ1v) is 13.5. The van der Waals surface area contributed by atoms with Crippen molar-refractivity contribution in [2.45, 2.75) is 32.1 Å². The number of benzene rings is 1. The molecule has 1 aliphatic carbocycles. The van der Waals surface area contributed by atoms with Crippen LogP contribution in [0.3, 0.4) is 0 Å². The molecule has 0 amide bonds. The normalized spacial score (nSPS) is 17.1. The molecule has 0 unspecified atom stereocenters. The first kappa shape index (κ1) is 13.0. The van der Waals surface area contributed by atoms with Crippen LogP contribution in [0.1, 0.15) is 37.7 Å². The van der Waals surface area contributed by atoms with Crippen molar-refractivity contribution in [3.63, 3.8) is 0 Å². The quantitative estimate of drug-likeness (QED) is 0.734. The third-order valence-corrected chi connectivity index (χ3v) is 8.42. The number of rotatable bonds is 2. The molecule has 0 saturated heterocycles. The summed E-state index contributed by atoms with van der Waals surface area (Å²) < 4.78 is 1.42. The predicted molar refractivity (Wildman–Crippen MR) is 68.8 cm³/mol. The van der Waals surface area contributed by atoms with Crippen LogP contribution < -0.4 is 0 Å². The second-order valence-electron chi connectivity index (χ2n) is 4.38. The Morgan fingerprint density at radius 3 is 2.19 bits per heavy atom. The number of hydrogen-bond acceptors (Lipinski definition) is 0. The summed E-state index contributed by atoms with van der Waals surface area (Å²) >= 11 is -2.29. The van der Waals surface area contributed by atoms with Crippen LogP contribution in [0.4, 0.5) is 0 Å². The zero-order valence-corrected chi connectivity index (χ0v) is 13.2. The molecule has 1 fully saturated rings. The molecule has 0 aromatic heterocycles. The summed E-state index contributed by atoms with van der Waals surface area (Å²) in [6.45, 7) is 0. The number of halogens is 2. The van der Waals surface area contributed by atoms with E-state index in [0.29, 0.717) is 5.92 Å². The topological polar surface area (TPSA) is 0 Å². The van der Waals surface area contributed by atoms with Crippen molar-refractivity contribution in [2.75, 3.05) is 0 Å². The molecule has 1 saturated carbocycles. The van der Waals surface area contributed by atoms with E-state index in [9.17, 15) is 0 Å². The van der Waals surface area contributed by atoms with Gasteiger partial charge in [-0.25, -0.2) is 0 Å². The second-order valence-corrected chi connectivity index (χ2v) is 12.6. The van der Waals surface area contributed by atoms with Gasteiger partial charge in [0, 0.05) is 0 Å². The van der Waals surface area contributed by atoms with Gasteiger partial charge in [0.2, 0.25) is 0 Å². The van der Waals surface area contributed by atoms with E-state index in [4.69, 9.17) is 17.0 Å². The van der Waals surface area contributed by atoms with Crippen LogP contribution in [-0.2, 0) is 18.9 Å². The zero-order chi connectivity index (χ0) is 11.4. The average molecular weight is 334 g/mol. The molecule has 0 spiro atoms. The van der Waals surface area contributed by atoms with Crippen LogP contribution in [0.5, 0.6) is 0 Å². The van der Waals surface area contributed by atoms with Gasteiger partial charge in [-0.2, -0.15) is 0 Å². The van der Waals surface area contributed by atoms with Crippen LogP contribution in [0.2, 0.25) is 0 Å². The molecule has 0 nitrogen and oxygen atoms in total. The van der Waals surface area contributed by atoms with Gasteiger partial charge in [0.25, 0.3) is 0 Å². The van der Waals surface area contributed by atoms with Crippen molar-refractivity contribution < 1.29 is 18.9 Å². The van der Waals surface area contributed by atoms with E-state index in [0.717, 1.165) is 0 Å². The molecule has 1 aliphatic rings. The maximum atomic E-state index is 6.34. The SMILES string of the molecule is [Cl][Zr]([Cl])=[C](c1ccccc1)C1CCCCC1. The fourth-order valence-electron chi connectivity index (χ4n) is 2.51. The Hall–Kier alpha value is 0.553. The van der Waals surface area contributed by atoms with Gasteiger partial charge in [-0.3, -0.25) is 0 Å². The summed E-state index contributed by atoms with van der Waals surface area (Å²) in [5, 5.41) is 0. The molecule has 0 radical (unpaired) electrons. The van der Waals surface area contributed by atoms with Crippen molar-refractivity contribution in [3.05, 3.63) is 35.9 Å². The minimum absolute atomic E-state index is 0.667. The van der Waals surface area contributed by atoms with E-state index in [1.165, 1.54) is 40.9 Å². The molecule has 0 aliphatic heterocycles. The summed E-state index contributed by atoms with van der Waals surface area (Å²) in [7, 11) is 12.7. The van der Waals surface area contributed by atoms with Gasteiger partial charge in [0.05, 0.1) is 0 Å². The van der Waals surface area contributed by atoms with E-state index < -0.39 is 18.9 Å². The van der Waals surface area contributed by atoms with E-state index in [2.05, 4.69) is 24.3 Å². The summed E-state index contributed by atoms with van der Waals surface area (Å²) in [5.41, 5.74) is 1.30. The van der Waals surface area contributed by atoms with E-state index >= 15 is 0 Å². The summed E-state index contributed by atoms with van der Waals surface area (Å²) in [6.07, 6.45) is 6.62. The third kappa shape index (κ3) is 3.28. The van der Waals surface area contributed by atoms with E-state index in [1.54, 1.807) is 0 Å².